The predicted molar refractivity (Wildman–Crippen MR) is 111 cm³/mol. The van der Waals surface area contributed by atoms with Gasteiger partial charge < -0.3 is 10.1 Å². The Bertz CT molecular complexity index is 1110. The summed E-state index contributed by atoms with van der Waals surface area (Å²) in [6.45, 7) is 2.06. The molecule has 6 nitrogen and oxygen atoms in total. The molecule has 0 fully saturated rings. The summed E-state index contributed by atoms with van der Waals surface area (Å²) in [4.78, 5) is 17.6. The summed E-state index contributed by atoms with van der Waals surface area (Å²) in [6.07, 6.45) is 2.28. The summed E-state index contributed by atoms with van der Waals surface area (Å²) in [7, 11) is 1.65. The van der Waals surface area contributed by atoms with Crippen LogP contribution in [0.3, 0.4) is 0 Å². The summed E-state index contributed by atoms with van der Waals surface area (Å²) in [5.41, 5.74) is 4.91. The van der Waals surface area contributed by atoms with Gasteiger partial charge in [0.05, 0.1) is 7.11 Å². The second-order valence-corrected chi connectivity index (χ2v) is 7.54. The first kappa shape index (κ1) is 17.7. The lowest BCUT2D eigenvalue weighted by atomic mass is 9.85. The van der Waals surface area contributed by atoms with E-state index in [0.717, 1.165) is 41.0 Å². The van der Waals surface area contributed by atoms with Crippen LogP contribution in [0.15, 0.2) is 59.8 Å². The van der Waals surface area contributed by atoms with E-state index in [2.05, 4.69) is 24.4 Å². The van der Waals surface area contributed by atoms with Crippen LogP contribution in [0.5, 0.6) is 5.75 Å². The minimum absolute atomic E-state index is 0.178. The Labute approximate surface area is 169 Å². The zero-order valence-electron chi connectivity index (χ0n) is 16.5. The largest absolute Gasteiger partial charge is 0.497 e. The van der Waals surface area contributed by atoms with Gasteiger partial charge in [-0.25, -0.2) is 4.68 Å². The number of methoxy groups -OCH3 is 1. The van der Waals surface area contributed by atoms with Crippen molar-refractivity contribution in [2.24, 2.45) is 0 Å². The summed E-state index contributed by atoms with van der Waals surface area (Å²) in [5, 5.41) is 8.18. The maximum atomic E-state index is 12.9. The third-order valence-electron chi connectivity index (χ3n) is 5.61. The van der Waals surface area contributed by atoms with Crippen LogP contribution >= 0.6 is 0 Å². The second-order valence-electron chi connectivity index (χ2n) is 7.54. The number of aryl methyl sites for hydroxylation is 1. The van der Waals surface area contributed by atoms with Gasteiger partial charge in [0.1, 0.15) is 11.8 Å². The number of ether oxygens (including phenoxy) is 1. The molecule has 1 N–H and O–H groups in total. The van der Waals surface area contributed by atoms with E-state index in [0.29, 0.717) is 18.2 Å². The highest BCUT2D eigenvalue weighted by atomic mass is 16.5. The summed E-state index contributed by atoms with van der Waals surface area (Å²) in [5.74, 6) is 2.29. The molecule has 2 heterocycles. The number of benzene rings is 2. The summed E-state index contributed by atoms with van der Waals surface area (Å²) >= 11 is 0. The van der Waals surface area contributed by atoms with E-state index in [1.165, 1.54) is 5.56 Å². The first-order valence-corrected chi connectivity index (χ1v) is 9.85. The van der Waals surface area contributed by atoms with Crippen LogP contribution in [0.4, 0.5) is 5.95 Å². The molecule has 1 aliphatic carbocycles. The van der Waals surface area contributed by atoms with Gasteiger partial charge in [-0.15, -0.1) is 5.10 Å². The first-order chi connectivity index (χ1) is 14.1. The molecule has 2 aromatic carbocycles. The molecule has 0 saturated heterocycles. The highest BCUT2D eigenvalue weighted by molar-refractivity contribution is 5.99. The predicted octanol–water partition coefficient (Wildman–Crippen LogP) is 4.28. The van der Waals surface area contributed by atoms with Gasteiger partial charge in [-0.05, 0) is 37.5 Å². The molecule has 1 aromatic heterocycles. The van der Waals surface area contributed by atoms with Gasteiger partial charge >= 0.3 is 0 Å². The lowest BCUT2D eigenvalue weighted by molar-refractivity contribution is -0.116. The molecule has 0 amide bonds. The number of nitrogens with zero attached hydrogens (tertiary/aromatic N) is 3. The molecule has 6 heteroatoms. The minimum atomic E-state index is -0.286. The van der Waals surface area contributed by atoms with Crippen molar-refractivity contribution < 1.29 is 9.53 Å². The number of rotatable bonds is 3. The highest BCUT2D eigenvalue weighted by Crippen LogP contribution is 2.40. The van der Waals surface area contributed by atoms with E-state index in [-0.39, 0.29) is 11.8 Å². The maximum absolute atomic E-state index is 12.9. The van der Waals surface area contributed by atoms with E-state index in [9.17, 15) is 4.79 Å². The topological polar surface area (TPSA) is 69.0 Å². The molecule has 5 rings (SSSR count). The first-order valence-electron chi connectivity index (χ1n) is 9.85. The van der Waals surface area contributed by atoms with E-state index in [4.69, 9.17) is 14.8 Å². The van der Waals surface area contributed by atoms with Crippen LogP contribution < -0.4 is 10.1 Å². The highest BCUT2D eigenvalue weighted by Gasteiger charge is 2.36. The van der Waals surface area contributed by atoms with Crippen LogP contribution in [-0.2, 0) is 4.79 Å². The van der Waals surface area contributed by atoms with Gasteiger partial charge in [0.25, 0.3) is 0 Å². The lowest BCUT2D eigenvalue weighted by Crippen LogP contribution is -2.31. The van der Waals surface area contributed by atoms with E-state index < -0.39 is 0 Å². The monoisotopic (exact) mass is 386 g/mol. The molecule has 0 spiro atoms. The Hall–Kier alpha value is -3.41. The van der Waals surface area contributed by atoms with Crippen molar-refractivity contribution in [2.75, 3.05) is 12.4 Å². The Morgan fingerprint density at radius 2 is 1.83 bits per heavy atom. The van der Waals surface area contributed by atoms with Crippen molar-refractivity contribution in [1.29, 1.82) is 0 Å². The second kappa shape index (κ2) is 6.88. The van der Waals surface area contributed by atoms with E-state index in [1.807, 2.05) is 41.1 Å². The average molecular weight is 386 g/mol. The SMILES string of the molecule is COc1ccc(C2C3=C(CCCC3=O)Nc3nc(-c4ccc(C)cc4)nn32)cc1. The van der Waals surface area contributed by atoms with E-state index in [1.54, 1.807) is 7.11 Å². The standard InChI is InChI=1S/C23H22N4O2/c1-14-6-8-16(9-7-14)22-25-23-24-18-4-3-5-19(28)20(18)21(27(23)26-22)15-10-12-17(29-2)13-11-15/h6-13,21H,3-5H2,1-2H3,(H,24,25,26). The Morgan fingerprint density at radius 1 is 1.07 bits per heavy atom. The molecule has 0 bridgehead atoms. The molecule has 1 atom stereocenters. The van der Waals surface area contributed by atoms with Crippen LogP contribution in [0, 0.1) is 6.92 Å². The number of nitrogens with one attached hydrogen (secondary N) is 1. The fourth-order valence-electron chi connectivity index (χ4n) is 4.08. The number of allylic oxidation sites excluding steroid dienone is 2. The number of hydrogen-bond acceptors (Lipinski definition) is 5. The number of fused-ring (bicyclic) bond motifs is 1. The van der Waals surface area contributed by atoms with Gasteiger partial charge in [0.2, 0.25) is 5.95 Å². The van der Waals surface area contributed by atoms with Crippen molar-refractivity contribution in [3.8, 4) is 17.1 Å². The number of carbonyl (C=O) groups excluding carboxylic acids is 1. The summed E-state index contributed by atoms with van der Waals surface area (Å²) in [6, 6.07) is 15.7. The Kier molecular flexibility index (Phi) is 4.19. The lowest BCUT2D eigenvalue weighted by Gasteiger charge is -2.32. The molecular formula is C23H22N4O2. The van der Waals surface area contributed by atoms with Crippen LogP contribution in [-0.4, -0.2) is 27.7 Å². The van der Waals surface area contributed by atoms with Crippen LogP contribution in [0.2, 0.25) is 0 Å². The molecule has 0 saturated carbocycles. The Balaban J connectivity index is 1.65. The summed E-state index contributed by atoms with van der Waals surface area (Å²) < 4.78 is 7.15. The van der Waals surface area contributed by atoms with Crippen molar-refractivity contribution in [1.82, 2.24) is 14.8 Å². The number of Topliss-reactive ketones (excluding diaryl/α,β-unsaturated/α-hetero) is 1. The molecule has 1 aliphatic heterocycles. The molecule has 1 unspecified atom stereocenters. The molecule has 29 heavy (non-hydrogen) atoms. The fraction of sp³-hybridized carbons (Fsp3) is 0.261. The van der Waals surface area contributed by atoms with Crippen molar-refractivity contribution in [3.05, 3.63) is 70.9 Å². The van der Waals surface area contributed by atoms with E-state index >= 15 is 0 Å². The smallest absolute Gasteiger partial charge is 0.226 e. The number of hydrogen-bond donors (Lipinski definition) is 1. The van der Waals surface area contributed by atoms with Crippen LogP contribution in [0.1, 0.15) is 36.4 Å². The number of carbonyl (C=O) groups is 1. The van der Waals surface area contributed by atoms with Gasteiger partial charge in [-0.3, -0.25) is 4.79 Å². The third-order valence-corrected chi connectivity index (χ3v) is 5.61. The zero-order chi connectivity index (χ0) is 20.0. The fourth-order valence-corrected chi connectivity index (χ4v) is 4.08. The number of aromatic nitrogens is 3. The number of anilines is 1. The van der Waals surface area contributed by atoms with Crippen LogP contribution in [0.25, 0.3) is 11.4 Å². The molecule has 3 aromatic rings. The van der Waals surface area contributed by atoms with Crippen molar-refractivity contribution in [2.45, 2.75) is 32.2 Å². The molecule has 2 aliphatic rings. The van der Waals surface area contributed by atoms with Gasteiger partial charge in [-0.2, -0.15) is 4.98 Å². The molecule has 0 radical (unpaired) electrons. The zero-order valence-corrected chi connectivity index (χ0v) is 16.5. The minimum Gasteiger partial charge on any atom is -0.497 e. The number of ketones is 1. The molecule has 146 valence electrons. The average Bonchev–Trinajstić information content (AvgIpc) is 3.17. The van der Waals surface area contributed by atoms with Gasteiger partial charge in [0.15, 0.2) is 11.6 Å². The van der Waals surface area contributed by atoms with Gasteiger partial charge in [0, 0.05) is 23.3 Å². The molecular weight excluding hydrogens is 364 g/mol. The maximum Gasteiger partial charge on any atom is 0.226 e. The Morgan fingerprint density at radius 3 is 2.55 bits per heavy atom. The van der Waals surface area contributed by atoms with Crippen molar-refractivity contribution >= 4 is 11.7 Å². The van der Waals surface area contributed by atoms with Crippen molar-refractivity contribution in [3.63, 3.8) is 0 Å². The van der Waals surface area contributed by atoms with Gasteiger partial charge in [-0.1, -0.05) is 42.0 Å². The third kappa shape index (κ3) is 3.01. The quantitative estimate of drug-likeness (QED) is 0.727. The normalized spacial score (nSPS) is 18.1.